The second kappa shape index (κ2) is 4.35. The largest absolute Gasteiger partial charge is 0.354 e. The van der Waals surface area contributed by atoms with E-state index in [9.17, 15) is 0 Å². The van der Waals surface area contributed by atoms with Crippen LogP contribution in [0, 0.1) is 13.8 Å². The summed E-state index contributed by atoms with van der Waals surface area (Å²) in [6, 6.07) is 3.99. The van der Waals surface area contributed by atoms with Crippen LogP contribution in [0.1, 0.15) is 16.3 Å². The Hall–Kier alpha value is -1.49. The van der Waals surface area contributed by atoms with Gasteiger partial charge in [-0.3, -0.25) is 4.98 Å². The van der Waals surface area contributed by atoms with Crippen molar-refractivity contribution in [1.82, 2.24) is 15.2 Å². The summed E-state index contributed by atoms with van der Waals surface area (Å²) in [4.78, 5) is 4.29. The summed E-state index contributed by atoms with van der Waals surface area (Å²) in [5.74, 6) is 0. The standard InChI is InChI=1S/C10H12N4S/c1-7-4-3-5-11-9(7)6-12-10-14-13-8(2)15-10/h3-5H,6H2,1-2H3,(H,12,14). The number of aryl methyl sites for hydroxylation is 2. The van der Waals surface area contributed by atoms with Crippen molar-refractivity contribution >= 4 is 16.5 Å². The third-order valence-electron chi connectivity index (χ3n) is 2.05. The minimum atomic E-state index is 0.696. The van der Waals surface area contributed by atoms with Gasteiger partial charge in [-0.15, -0.1) is 10.2 Å². The van der Waals surface area contributed by atoms with Crippen molar-refractivity contribution in [2.45, 2.75) is 20.4 Å². The van der Waals surface area contributed by atoms with Crippen LogP contribution in [-0.2, 0) is 6.54 Å². The molecule has 0 spiro atoms. The van der Waals surface area contributed by atoms with E-state index in [2.05, 4.69) is 33.5 Å². The Morgan fingerprint density at radius 1 is 1.33 bits per heavy atom. The molecule has 2 aromatic heterocycles. The highest BCUT2D eigenvalue weighted by molar-refractivity contribution is 7.15. The third-order valence-corrected chi connectivity index (χ3v) is 2.85. The Bertz CT molecular complexity index is 452. The molecule has 2 aromatic rings. The Morgan fingerprint density at radius 3 is 2.87 bits per heavy atom. The van der Waals surface area contributed by atoms with Gasteiger partial charge in [-0.25, -0.2) is 0 Å². The van der Waals surface area contributed by atoms with E-state index in [1.54, 1.807) is 17.5 Å². The highest BCUT2D eigenvalue weighted by Gasteiger charge is 2.01. The maximum atomic E-state index is 4.29. The quantitative estimate of drug-likeness (QED) is 0.861. The van der Waals surface area contributed by atoms with Gasteiger partial charge in [0.05, 0.1) is 12.2 Å². The molecule has 2 heterocycles. The van der Waals surface area contributed by atoms with Crippen molar-refractivity contribution in [1.29, 1.82) is 0 Å². The van der Waals surface area contributed by atoms with Gasteiger partial charge in [-0.05, 0) is 25.5 Å². The molecule has 0 bridgehead atoms. The van der Waals surface area contributed by atoms with Crippen LogP contribution in [0.3, 0.4) is 0 Å². The summed E-state index contributed by atoms with van der Waals surface area (Å²) < 4.78 is 0. The molecule has 0 aliphatic carbocycles. The Kier molecular flexibility index (Phi) is 2.91. The van der Waals surface area contributed by atoms with Gasteiger partial charge in [0.1, 0.15) is 5.01 Å². The molecule has 78 valence electrons. The van der Waals surface area contributed by atoms with Gasteiger partial charge in [-0.2, -0.15) is 0 Å². The summed E-state index contributed by atoms with van der Waals surface area (Å²) in [5, 5.41) is 12.9. The van der Waals surface area contributed by atoms with E-state index in [1.807, 2.05) is 13.0 Å². The zero-order valence-electron chi connectivity index (χ0n) is 8.69. The fraction of sp³-hybridized carbons (Fsp3) is 0.300. The number of hydrogen-bond acceptors (Lipinski definition) is 5. The van der Waals surface area contributed by atoms with Crippen LogP contribution >= 0.6 is 11.3 Å². The summed E-state index contributed by atoms with van der Waals surface area (Å²) in [6.07, 6.45) is 1.80. The van der Waals surface area contributed by atoms with Crippen LogP contribution in [0.5, 0.6) is 0 Å². The monoisotopic (exact) mass is 220 g/mol. The highest BCUT2D eigenvalue weighted by Crippen LogP contribution is 2.15. The molecule has 0 fully saturated rings. The molecule has 0 unspecified atom stereocenters. The molecule has 0 aromatic carbocycles. The molecule has 0 amide bonds. The summed E-state index contributed by atoms with van der Waals surface area (Å²) in [7, 11) is 0. The predicted molar refractivity (Wildman–Crippen MR) is 60.9 cm³/mol. The van der Waals surface area contributed by atoms with Crippen LogP contribution in [0.4, 0.5) is 5.13 Å². The molecular weight excluding hydrogens is 208 g/mol. The van der Waals surface area contributed by atoms with Gasteiger partial charge in [0.2, 0.25) is 5.13 Å². The van der Waals surface area contributed by atoms with E-state index in [4.69, 9.17) is 0 Å². The molecule has 0 radical (unpaired) electrons. The second-order valence-corrected chi connectivity index (χ2v) is 4.43. The molecule has 2 rings (SSSR count). The molecule has 0 saturated carbocycles. The van der Waals surface area contributed by atoms with Crippen LogP contribution in [0.2, 0.25) is 0 Å². The van der Waals surface area contributed by atoms with Gasteiger partial charge in [0, 0.05) is 6.20 Å². The molecular formula is C10H12N4S. The van der Waals surface area contributed by atoms with Crippen LogP contribution < -0.4 is 5.32 Å². The zero-order chi connectivity index (χ0) is 10.7. The zero-order valence-corrected chi connectivity index (χ0v) is 9.51. The first-order valence-corrected chi connectivity index (χ1v) is 5.52. The smallest absolute Gasteiger partial charge is 0.205 e. The lowest BCUT2D eigenvalue weighted by Gasteiger charge is -2.03. The van der Waals surface area contributed by atoms with Crippen molar-refractivity contribution in [3.8, 4) is 0 Å². The van der Waals surface area contributed by atoms with E-state index in [-0.39, 0.29) is 0 Å². The van der Waals surface area contributed by atoms with Gasteiger partial charge < -0.3 is 5.32 Å². The van der Waals surface area contributed by atoms with Crippen molar-refractivity contribution in [3.63, 3.8) is 0 Å². The molecule has 5 heteroatoms. The topological polar surface area (TPSA) is 50.7 Å². The molecule has 4 nitrogen and oxygen atoms in total. The van der Waals surface area contributed by atoms with E-state index < -0.39 is 0 Å². The first kappa shape index (κ1) is 10.0. The molecule has 0 aliphatic heterocycles. The number of hydrogen-bond donors (Lipinski definition) is 1. The first-order valence-electron chi connectivity index (χ1n) is 4.70. The lowest BCUT2D eigenvalue weighted by Crippen LogP contribution is -2.03. The Morgan fingerprint density at radius 2 is 2.20 bits per heavy atom. The first-order chi connectivity index (χ1) is 7.25. The van der Waals surface area contributed by atoms with Gasteiger partial charge in [0.25, 0.3) is 0 Å². The molecule has 15 heavy (non-hydrogen) atoms. The Labute approximate surface area is 92.4 Å². The predicted octanol–water partition coefficient (Wildman–Crippen LogP) is 2.16. The van der Waals surface area contributed by atoms with Crippen LogP contribution in [-0.4, -0.2) is 15.2 Å². The minimum Gasteiger partial charge on any atom is -0.354 e. The highest BCUT2D eigenvalue weighted by atomic mass is 32.1. The van der Waals surface area contributed by atoms with Crippen LogP contribution in [0.15, 0.2) is 18.3 Å². The average Bonchev–Trinajstić information content (AvgIpc) is 2.63. The molecule has 1 N–H and O–H groups in total. The number of pyridine rings is 1. The van der Waals surface area contributed by atoms with Crippen molar-refractivity contribution in [3.05, 3.63) is 34.6 Å². The SMILES string of the molecule is Cc1nnc(NCc2ncccc2C)s1. The van der Waals surface area contributed by atoms with Crippen molar-refractivity contribution < 1.29 is 0 Å². The second-order valence-electron chi connectivity index (χ2n) is 3.25. The number of nitrogens with one attached hydrogen (secondary N) is 1. The average molecular weight is 220 g/mol. The maximum absolute atomic E-state index is 4.29. The molecule has 0 aliphatic rings. The normalized spacial score (nSPS) is 10.3. The lowest BCUT2D eigenvalue weighted by atomic mass is 10.2. The van der Waals surface area contributed by atoms with Gasteiger partial charge in [-0.1, -0.05) is 17.4 Å². The number of anilines is 1. The summed E-state index contributed by atoms with van der Waals surface area (Å²) >= 11 is 1.55. The Balaban J connectivity index is 2.02. The summed E-state index contributed by atoms with van der Waals surface area (Å²) in [6.45, 7) is 4.69. The van der Waals surface area contributed by atoms with Crippen molar-refractivity contribution in [2.75, 3.05) is 5.32 Å². The molecule has 0 atom stereocenters. The lowest BCUT2D eigenvalue weighted by molar-refractivity contribution is 0.986. The van der Waals surface area contributed by atoms with Gasteiger partial charge >= 0.3 is 0 Å². The fourth-order valence-corrected chi connectivity index (χ4v) is 1.82. The molecule has 0 saturated heterocycles. The maximum Gasteiger partial charge on any atom is 0.205 e. The summed E-state index contributed by atoms with van der Waals surface area (Å²) in [5.41, 5.74) is 2.23. The number of aromatic nitrogens is 3. The van der Waals surface area contributed by atoms with Gasteiger partial charge in [0.15, 0.2) is 0 Å². The number of rotatable bonds is 3. The third kappa shape index (κ3) is 2.50. The number of nitrogens with zero attached hydrogens (tertiary/aromatic N) is 3. The minimum absolute atomic E-state index is 0.696. The van der Waals surface area contributed by atoms with Crippen LogP contribution in [0.25, 0.3) is 0 Å². The van der Waals surface area contributed by atoms with E-state index in [0.29, 0.717) is 6.54 Å². The fourth-order valence-electron chi connectivity index (χ4n) is 1.23. The van der Waals surface area contributed by atoms with Crippen molar-refractivity contribution in [2.24, 2.45) is 0 Å². The van der Waals surface area contributed by atoms with E-state index in [0.717, 1.165) is 15.8 Å². The van der Waals surface area contributed by atoms with E-state index >= 15 is 0 Å². The van der Waals surface area contributed by atoms with E-state index in [1.165, 1.54) is 5.56 Å².